The van der Waals surface area contributed by atoms with Gasteiger partial charge in [0.25, 0.3) is 0 Å². The summed E-state index contributed by atoms with van der Waals surface area (Å²) in [6, 6.07) is 0. The first-order chi connectivity index (χ1) is 9.55. The first-order valence-corrected chi connectivity index (χ1v) is 24.4. The molecule has 1 rings (SSSR count). The number of hydrogen-bond donors (Lipinski definition) is 0. The standard InChI is InChI=1S/C19H42Ge2O/c1-15(2)19(16(3)4)13-14-21(17(5,6)7,18(8,9)10)20(11,12)22-19/h15-16H,13-14H2,1-12H3. The average molecular weight is 432 g/mol. The summed E-state index contributed by atoms with van der Waals surface area (Å²) in [6.45, 7) is 24.7. The Hall–Kier alpha value is 1.05. The van der Waals surface area contributed by atoms with Crippen LogP contribution in [0.2, 0.25) is 25.3 Å². The van der Waals surface area contributed by atoms with Gasteiger partial charge in [0.2, 0.25) is 0 Å². The van der Waals surface area contributed by atoms with E-state index in [1.165, 1.54) is 11.7 Å². The van der Waals surface area contributed by atoms with Gasteiger partial charge >= 0.3 is 145 Å². The van der Waals surface area contributed by atoms with Crippen molar-refractivity contribution in [2.45, 2.75) is 107 Å². The topological polar surface area (TPSA) is 9.23 Å². The second kappa shape index (κ2) is 6.09. The fourth-order valence-electron chi connectivity index (χ4n) is 6.46. The van der Waals surface area contributed by atoms with E-state index in [-0.39, 0.29) is 5.60 Å². The predicted molar refractivity (Wildman–Crippen MR) is 106 cm³/mol. The van der Waals surface area contributed by atoms with Gasteiger partial charge in [-0.1, -0.05) is 0 Å². The molecule has 1 aliphatic heterocycles. The van der Waals surface area contributed by atoms with Gasteiger partial charge in [-0.15, -0.1) is 0 Å². The van der Waals surface area contributed by atoms with Gasteiger partial charge in [-0.3, -0.25) is 0 Å². The van der Waals surface area contributed by atoms with Crippen molar-refractivity contribution in [2.75, 3.05) is 0 Å². The summed E-state index contributed by atoms with van der Waals surface area (Å²) in [5.74, 6) is 6.49. The van der Waals surface area contributed by atoms with Crippen molar-refractivity contribution in [1.82, 2.24) is 0 Å². The van der Waals surface area contributed by atoms with Gasteiger partial charge in [0.1, 0.15) is 0 Å². The Bertz CT molecular complexity index is 375. The summed E-state index contributed by atoms with van der Waals surface area (Å²) < 4.78 is 8.27. The molecule has 1 saturated heterocycles. The van der Waals surface area contributed by atoms with Crippen molar-refractivity contribution in [3.63, 3.8) is 0 Å². The molecule has 0 aromatic heterocycles. The minimum absolute atomic E-state index is 0.134. The van der Waals surface area contributed by atoms with Crippen LogP contribution in [-0.4, -0.2) is 28.5 Å². The molecule has 0 saturated carbocycles. The van der Waals surface area contributed by atoms with Crippen LogP contribution in [0.15, 0.2) is 0 Å². The summed E-state index contributed by atoms with van der Waals surface area (Å²) >= 11 is -4.51. The Morgan fingerprint density at radius 3 is 1.41 bits per heavy atom. The normalized spacial score (nSPS) is 24.8. The molecule has 0 spiro atoms. The molecule has 0 aliphatic carbocycles. The van der Waals surface area contributed by atoms with Gasteiger partial charge in [-0.05, 0) is 0 Å². The summed E-state index contributed by atoms with van der Waals surface area (Å²) in [6.07, 6.45) is 1.30. The molecule has 0 N–H and O–H groups in total. The van der Waals surface area contributed by atoms with Crippen LogP contribution in [0.4, 0.5) is 0 Å². The van der Waals surface area contributed by atoms with Crippen molar-refractivity contribution in [3.05, 3.63) is 0 Å². The summed E-state index contributed by atoms with van der Waals surface area (Å²) in [7, 11) is 0. The molecule has 132 valence electrons. The van der Waals surface area contributed by atoms with Crippen LogP contribution in [0.25, 0.3) is 0 Å². The Balaban J connectivity index is 3.47. The molecule has 3 heteroatoms. The first-order valence-electron chi connectivity index (χ1n) is 9.25. The molecule has 0 aromatic carbocycles. The van der Waals surface area contributed by atoms with Crippen LogP contribution in [0.5, 0.6) is 0 Å². The van der Waals surface area contributed by atoms with Crippen LogP contribution in [0.3, 0.4) is 0 Å². The van der Waals surface area contributed by atoms with Crippen molar-refractivity contribution in [1.29, 1.82) is 0 Å². The van der Waals surface area contributed by atoms with Crippen LogP contribution in [-0.2, 0) is 3.76 Å². The van der Waals surface area contributed by atoms with Gasteiger partial charge in [-0.25, -0.2) is 0 Å². The van der Waals surface area contributed by atoms with E-state index in [4.69, 9.17) is 3.76 Å². The van der Waals surface area contributed by atoms with Crippen LogP contribution in [0.1, 0.15) is 75.7 Å². The van der Waals surface area contributed by atoms with Crippen molar-refractivity contribution in [3.8, 4) is 0 Å². The monoisotopic (exact) mass is 434 g/mol. The SMILES string of the molecule is CC(C)C1(C(C)C)C[CH2][Ge]([C](C)(C)C)([C](C)(C)C)[Ge]([CH3])([CH3])[O]1. The summed E-state index contributed by atoms with van der Waals surface area (Å²) in [5, 5.41) is 1.51. The Kier molecular flexibility index (Phi) is 5.84. The Labute approximate surface area is 144 Å². The van der Waals surface area contributed by atoms with E-state index in [9.17, 15) is 0 Å². The van der Waals surface area contributed by atoms with E-state index in [1.54, 1.807) is 0 Å². The fourth-order valence-corrected chi connectivity index (χ4v) is 79.6. The van der Waals surface area contributed by atoms with E-state index in [0.29, 0.717) is 20.3 Å². The molecule has 1 fully saturated rings. The second-order valence-corrected chi connectivity index (χ2v) is 51.1. The number of hydrogen-bond acceptors (Lipinski definition) is 1. The van der Waals surface area contributed by atoms with Crippen molar-refractivity contribution >= 4 is 22.9 Å². The fraction of sp³-hybridized carbons (Fsp3) is 1.00. The van der Waals surface area contributed by atoms with Crippen molar-refractivity contribution < 1.29 is 3.76 Å². The molecule has 22 heavy (non-hydrogen) atoms. The first kappa shape index (κ1) is 21.1. The molecular formula is C19H42Ge2O. The average Bonchev–Trinajstić information content (AvgIpc) is 2.22. The van der Waals surface area contributed by atoms with E-state index in [0.717, 1.165) is 0 Å². The predicted octanol–water partition coefficient (Wildman–Crippen LogP) is 6.79. The van der Waals surface area contributed by atoms with Gasteiger partial charge in [0.05, 0.1) is 0 Å². The second-order valence-electron chi connectivity index (χ2n) is 10.8. The van der Waals surface area contributed by atoms with Gasteiger partial charge in [0.15, 0.2) is 0 Å². The number of rotatable bonds is 2. The maximum atomic E-state index is 7.32. The van der Waals surface area contributed by atoms with Gasteiger partial charge in [0, 0.05) is 0 Å². The zero-order valence-corrected chi connectivity index (χ0v) is 21.7. The molecule has 0 atom stereocenters. The van der Waals surface area contributed by atoms with Gasteiger partial charge < -0.3 is 0 Å². The van der Waals surface area contributed by atoms with E-state index >= 15 is 0 Å². The van der Waals surface area contributed by atoms with Gasteiger partial charge in [-0.2, -0.15) is 0 Å². The molecule has 0 radical (unpaired) electrons. The zero-order valence-electron chi connectivity index (χ0n) is 17.5. The van der Waals surface area contributed by atoms with E-state index in [1.807, 2.05) is 0 Å². The van der Waals surface area contributed by atoms with Crippen molar-refractivity contribution in [2.24, 2.45) is 11.8 Å². The molecule has 1 aliphatic rings. The summed E-state index contributed by atoms with van der Waals surface area (Å²) in [4.78, 5) is 0. The molecule has 0 amide bonds. The quantitative estimate of drug-likeness (QED) is 0.437. The van der Waals surface area contributed by atoms with Crippen LogP contribution < -0.4 is 0 Å². The molecule has 1 nitrogen and oxygen atoms in total. The molecule has 0 aromatic rings. The Morgan fingerprint density at radius 1 is 0.818 bits per heavy atom. The Morgan fingerprint density at radius 2 is 1.18 bits per heavy atom. The third-order valence-electron chi connectivity index (χ3n) is 6.88. The molecular weight excluding hydrogens is 389 g/mol. The molecule has 0 bridgehead atoms. The zero-order chi connectivity index (χ0) is 17.8. The third-order valence-corrected chi connectivity index (χ3v) is 68.5. The van der Waals surface area contributed by atoms with E-state index < -0.39 is 22.9 Å². The molecule has 1 heterocycles. The summed E-state index contributed by atoms with van der Waals surface area (Å²) in [5.41, 5.74) is 0.134. The van der Waals surface area contributed by atoms with E-state index in [2.05, 4.69) is 80.7 Å². The van der Waals surface area contributed by atoms with Crippen LogP contribution in [0, 0.1) is 11.8 Å². The maximum absolute atomic E-state index is 7.32. The minimum atomic E-state index is -2.33. The molecule has 0 unspecified atom stereocenters. The van der Waals surface area contributed by atoms with Crippen LogP contribution >= 0.6 is 0 Å². The third kappa shape index (κ3) is 3.01.